The molecule has 1 aromatic carbocycles. The SMILES string of the molecule is O=C1NC(=O)c2c(CCCCC3CNCCO3)cccc21. The molecular formula is C16H20N2O3. The molecule has 5 nitrogen and oxygen atoms in total. The molecule has 1 aromatic rings. The van der Waals surface area contributed by atoms with Crippen LogP contribution in [-0.4, -0.2) is 37.6 Å². The molecule has 1 fully saturated rings. The Bertz CT molecular complexity index is 550. The smallest absolute Gasteiger partial charge is 0.259 e. The summed E-state index contributed by atoms with van der Waals surface area (Å²) in [4.78, 5) is 23.4. The van der Waals surface area contributed by atoms with Gasteiger partial charge < -0.3 is 10.1 Å². The molecule has 3 rings (SSSR count). The number of fused-ring (bicyclic) bond motifs is 1. The van der Waals surface area contributed by atoms with Gasteiger partial charge in [0, 0.05) is 13.1 Å². The molecule has 0 saturated carbocycles. The van der Waals surface area contributed by atoms with Gasteiger partial charge in [0.1, 0.15) is 0 Å². The summed E-state index contributed by atoms with van der Waals surface area (Å²) in [6.07, 6.45) is 4.23. The molecule has 1 unspecified atom stereocenters. The lowest BCUT2D eigenvalue weighted by atomic mass is 9.97. The molecule has 112 valence electrons. The summed E-state index contributed by atoms with van der Waals surface area (Å²) in [5.41, 5.74) is 2.05. The molecule has 2 heterocycles. The van der Waals surface area contributed by atoms with E-state index in [-0.39, 0.29) is 11.8 Å². The maximum absolute atomic E-state index is 11.8. The van der Waals surface area contributed by atoms with Crippen LogP contribution >= 0.6 is 0 Å². The standard InChI is InChI=1S/C16H20N2O3/c19-15-13-7-3-5-11(14(13)16(20)18-15)4-1-2-6-12-10-17-8-9-21-12/h3,5,7,12,17H,1-2,4,6,8-10H2,(H,18,19,20). The zero-order chi connectivity index (χ0) is 14.7. The molecule has 0 aromatic heterocycles. The third-order valence-electron chi connectivity index (χ3n) is 4.08. The normalized spacial score (nSPS) is 21.2. The molecule has 2 aliphatic rings. The first-order valence-electron chi connectivity index (χ1n) is 7.55. The van der Waals surface area contributed by atoms with E-state index in [1.807, 2.05) is 12.1 Å². The van der Waals surface area contributed by atoms with Gasteiger partial charge in [0.2, 0.25) is 0 Å². The molecular weight excluding hydrogens is 268 g/mol. The number of nitrogens with one attached hydrogen (secondary N) is 2. The van der Waals surface area contributed by atoms with Gasteiger partial charge in [-0.05, 0) is 30.9 Å². The van der Waals surface area contributed by atoms with Crippen molar-refractivity contribution in [3.8, 4) is 0 Å². The van der Waals surface area contributed by atoms with Crippen LogP contribution in [0.4, 0.5) is 0 Å². The molecule has 1 saturated heterocycles. The van der Waals surface area contributed by atoms with Crippen molar-refractivity contribution in [1.82, 2.24) is 10.6 Å². The lowest BCUT2D eigenvalue weighted by Gasteiger charge is -2.23. The van der Waals surface area contributed by atoms with E-state index in [2.05, 4.69) is 10.6 Å². The van der Waals surface area contributed by atoms with Gasteiger partial charge >= 0.3 is 0 Å². The fourth-order valence-corrected chi connectivity index (χ4v) is 2.99. The number of benzene rings is 1. The summed E-state index contributed by atoms with van der Waals surface area (Å²) in [6, 6.07) is 5.50. The number of carbonyl (C=O) groups is 2. The van der Waals surface area contributed by atoms with Gasteiger partial charge in [-0.1, -0.05) is 18.6 Å². The lowest BCUT2D eigenvalue weighted by molar-refractivity contribution is 0.0221. The number of morpholine rings is 1. The highest BCUT2D eigenvalue weighted by Gasteiger charge is 2.28. The third kappa shape index (κ3) is 3.14. The Morgan fingerprint density at radius 2 is 2.10 bits per heavy atom. The summed E-state index contributed by atoms with van der Waals surface area (Å²) in [5, 5.41) is 5.68. The minimum Gasteiger partial charge on any atom is -0.376 e. The van der Waals surface area contributed by atoms with Crippen LogP contribution in [0, 0.1) is 0 Å². The first-order valence-corrected chi connectivity index (χ1v) is 7.55. The van der Waals surface area contributed by atoms with E-state index in [0.717, 1.165) is 50.9 Å². The Hall–Kier alpha value is -1.72. The highest BCUT2D eigenvalue weighted by molar-refractivity contribution is 6.22. The van der Waals surface area contributed by atoms with E-state index in [0.29, 0.717) is 17.2 Å². The molecule has 21 heavy (non-hydrogen) atoms. The predicted molar refractivity (Wildman–Crippen MR) is 78.4 cm³/mol. The number of aryl methyl sites for hydroxylation is 1. The maximum Gasteiger partial charge on any atom is 0.259 e. The number of unbranched alkanes of at least 4 members (excludes halogenated alkanes) is 1. The van der Waals surface area contributed by atoms with Crippen LogP contribution in [0.15, 0.2) is 18.2 Å². The molecule has 2 aliphatic heterocycles. The van der Waals surface area contributed by atoms with Crippen molar-refractivity contribution in [1.29, 1.82) is 0 Å². The number of hydrogen-bond donors (Lipinski definition) is 2. The van der Waals surface area contributed by atoms with Crippen LogP contribution in [-0.2, 0) is 11.2 Å². The minimum atomic E-state index is -0.279. The largest absolute Gasteiger partial charge is 0.376 e. The number of rotatable bonds is 5. The Balaban J connectivity index is 1.54. The van der Waals surface area contributed by atoms with Crippen LogP contribution in [0.5, 0.6) is 0 Å². The zero-order valence-electron chi connectivity index (χ0n) is 12.0. The minimum absolute atomic E-state index is 0.259. The summed E-state index contributed by atoms with van der Waals surface area (Å²) >= 11 is 0. The molecule has 2 N–H and O–H groups in total. The third-order valence-corrected chi connectivity index (χ3v) is 4.08. The van der Waals surface area contributed by atoms with Gasteiger partial charge in [-0.3, -0.25) is 14.9 Å². The van der Waals surface area contributed by atoms with Crippen LogP contribution in [0.25, 0.3) is 0 Å². The molecule has 1 atom stereocenters. The Morgan fingerprint density at radius 3 is 2.90 bits per heavy atom. The summed E-state index contributed by atoms with van der Waals surface area (Å²) < 4.78 is 5.66. The van der Waals surface area contributed by atoms with Crippen LogP contribution < -0.4 is 10.6 Å². The van der Waals surface area contributed by atoms with E-state index < -0.39 is 0 Å². The maximum atomic E-state index is 11.8. The van der Waals surface area contributed by atoms with Gasteiger partial charge in [-0.25, -0.2) is 0 Å². The number of hydrogen-bond acceptors (Lipinski definition) is 4. The van der Waals surface area contributed by atoms with Crippen LogP contribution in [0.3, 0.4) is 0 Å². The second-order valence-electron chi connectivity index (χ2n) is 5.57. The summed E-state index contributed by atoms with van der Waals surface area (Å²) in [5.74, 6) is -0.538. The van der Waals surface area contributed by atoms with Gasteiger partial charge in [0.15, 0.2) is 0 Å². The first kappa shape index (κ1) is 14.2. The van der Waals surface area contributed by atoms with E-state index >= 15 is 0 Å². The van der Waals surface area contributed by atoms with Gasteiger partial charge in [0.05, 0.1) is 23.8 Å². The van der Waals surface area contributed by atoms with Crippen molar-refractivity contribution < 1.29 is 14.3 Å². The van der Waals surface area contributed by atoms with Crippen LogP contribution in [0.2, 0.25) is 0 Å². The number of amides is 2. The fourth-order valence-electron chi connectivity index (χ4n) is 2.99. The lowest BCUT2D eigenvalue weighted by Crippen LogP contribution is -2.38. The van der Waals surface area contributed by atoms with Crippen molar-refractivity contribution in [3.63, 3.8) is 0 Å². The molecule has 0 radical (unpaired) electrons. The van der Waals surface area contributed by atoms with Crippen molar-refractivity contribution in [2.45, 2.75) is 31.8 Å². The van der Waals surface area contributed by atoms with Gasteiger partial charge in [-0.15, -0.1) is 0 Å². The zero-order valence-corrected chi connectivity index (χ0v) is 12.0. The van der Waals surface area contributed by atoms with Crippen molar-refractivity contribution >= 4 is 11.8 Å². The second kappa shape index (κ2) is 6.37. The summed E-state index contributed by atoms with van der Waals surface area (Å²) in [7, 11) is 0. The molecule has 2 amide bonds. The van der Waals surface area contributed by atoms with E-state index in [1.54, 1.807) is 6.07 Å². The Labute approximate surface area is 124 Å². The molecule has 0 aliphatic carbocycles. The van der Waals surface area contributed by atoms with Crippen LogP contribution in [0.1, 0.15) is 45.5 Å². The number of carbonyl (C=O) groups excluding carboxylic acids is 2. The van der Waals surface area contributed by atoms with Gasteiger partial charge in [-0.2, -0.15) is 0 Å². The highest BCUT2D eigenvalue weighted by atomic mass is 16.5. The molecule has 0 spiro atoms. The monoisotopic (exact) mass is 288 g/mol. The Kier molecular flexibility index (Phi) is 4.31. The number of ether oxygens (including phenoxy) is 1. The average molecular weight is 288 g/mol. The summed E-state index contributed by atoms with van der Waals surface area (Å²) in [6.45, 7) is 2.66. The van der Waals surface area contributed by atoms with Gasteiger partial charge in [0.25, 0.3) is 11.8 Å². The average Bonchev–Trinajstić information content (AvgIpc) is 2.80. The Morgan fingerprint density at radius 1 is 1.19 bits per heavy atom. The second-order valence-corrected chi connectivity index (χ2v) is 5.57. The van der Waals surface area contributed by atoms with Crippen molar-refractivity contribution in [2.75, 3.05) is 19.7 Å². The van der Waals surface area contributed by atoms with Crippen molar-refractivity contribution in [3.05, 3.63) is 34.9 Å². The fraction of sp³-hybridized carbons (Fsp3) is 0.500. The predicted octanol–water partition coefficient (Wildman–Crippen LogP) is 1.27. The molecule has 0 bridgehead atoms. The number of imide groups is 1. The van der Waals surface area contributed by atoms with Crippen molar-refractivity contribution in [2.24, 2.45) is 0 Å². The topological polar surface area (TPSA) is 67.4 Å². The van der Waals surface area contributed by atoms with E-state index in [9.17, 15) is 9.59 Å². The van der Waals surface area contributed by atoms with E-state index in [1.165, 1.54) is 0 Å². The van der Waals surface area contributed by atoms with E-state index in [4.69, 9.17) is 4.74 Å². The quantitative estimate of drug-likeness (QED) is 0.632. The first-order chi connectivity index (χ1) is 10.3. The highest BCUT2D eigenvalue weighted by Crippen LogP contribution is 2.22. The molecule has 5 heteroatoms.